The van der Waals surface area contributed by atoms with Gasteiger partial charge in [-0.25, -0.2) is 0 Å². The van der Waals surface area contributed by atoms with Crippen molar-refractivity contribution in [2.75, 3.05) is 7.11 Å². The van der Waals surface area contributed by atoms with Gasteiger partial charge in [-0.15, -0.1) is 10.2 Å². The van der Waals surface area contributed by atoms with E-state index in [4.69, 9.17) is 4.74 Å². The number of ether oxygens (including phenoxy) is 1. The van der Waals surface area contributed by atoms with Gasteiger partial charge in [-0.1, -0.05) is 11.8 Å². The third-order valence-corrected chi connectivity index (χ3v) is 5.63. The minimum atomic E-state index is -0.188. The molecule has 0 bridgehead atoms. The van der Waals surface area contributed by atoms with Crippen LogP contribution in [0.4, 0.5) is 0 Å². The lowest BCUT2D eigenvalue weighted by molar-refractivity contribution is 0.0994. The van der Waals surface area contributed by atoms with Crippen LogP contribution in [-0.4, -0.2) is 32.9 Å². The van der Waals surface area contributed by atoms with Gasteiger partial charge >= 0.3 is 0 Å². The molecule has 0 spiro atoms. The fourth-order valence-corrected chi connectivity index (χ4v) is 3.87. The predicted molar refractivity (Wildman–Crippen MR) is 92.9 cm³/mol. The minimum absolute atomic E-state index is 0.112. The van der Waals surface area contributed by atoms with Crippen LogP contribution >= 0.6 is 11.8 Å². The van der Waals surface area contributed by atoms with E-state index in [1.807, 2.05) is 31.2 Å². The SMILES string of the molecule is COc1ccc(C(=O)[C@H](C)Sc2nnc(C3CC3)n2C2CC2)cc1. The van der Waals surface area contributed by atoms with Crippen molar-refractivity contribution in [3.8, 4) is 5.75 Å². The normalized spacial score (nSPS) is 18.4. The van der Waals surface area contributed by atoms with Crippen molar-refractivity contribution >= 4 is 17.5 Å². The molecule has 0 N–H and O–H groups in total. The number of benzene rings is 1. The average molecular weight is 343 g/mol. The van der Waals surface area contributed by atoms with Crippen molar-refractivity contribution in [3.05, 3.63) is 35.7 Å². The Labute approximate surface area is 145 Å². The van der Waals surface area contributed by atoms with E-state index >= 15 is 0 Å². The summed E-state index contributed by atoms with van der Waals surface area (Å²) in [4.78, 5) is 12.7. The van der Waals surface area contributed by atoms with Crippen LogP contribution in [0.3, 0.4) is 0 Å². The van der Waals surface area contributed by atoms with E-state index < -0.39 is 0 Å². The van der Waals surface area contributed by atoms with Gasteiger partial charge < -0.3 is 9.30 Å². The van der Waals surface area contributed by atoms with Crippen molar-refractivity contribution in [3.63, 3.8) is 0 Å². The van der Waals surface area contributed by atoms with Crippen LogP contribution < -0.4 is 4.74 Å². The molecule has 1 atom stereocenters. The Bertz CT molecular complexity index is 748. The largest absolute Gasteiger partial charge is 0.497 e. The monoisotopic (exact) mass is 343 g/mol. The maximum atomic E-state index is 12.7. The first kappa shape index (κ1) is 15.7. The molecule has 126 valence electrons. The molecule has 0 aliphatic heterocycles. The average Bonchev–Trinajstić information content (AvgIpc) is 3.53. The first-order valence-electron chi connectivity index (χ1n) is 8.47. The zero-order valence-electron chi connectivity index (χ0n) is 13.9. The Morgan fingerprint density at radius 2 is 1.92 bits per heavy atom. The Morgan fingerprint density at radius 1 is 1.21 bits per heavy atom. The number of Topliss-reactive ketones (excluding diaryl/α,β-unsaturated/α-hetero) is 1. The molecule has 2 fully saturated rings. The predicted octanol–water partition coefficient (Wildman–Crippen LogP) is 3.86. The third kappa shape index (κ3) is 3.07. The van der Waals surface area contributed by atoms with Gasteiger partial charge in [-0.3, -0.25) is 4.79 Å². The van der Waals surface area contributed by atoms with E-state index in [0.717, 1.165) is 16.7 Å². The molecule has 1 heterocycles. The van der Waals surface area contributed by atoms with Crippen molar-refractivity contribution in [2.24, 2.45) is 0 Å². The van der Waals surface area contributed by atoms with Crippen molar-refractivity contribution in [1.82, 2.24) is 14.8 Å². The van der Waals surface area contributed by atoms with Crippen molar-refractivity contribution in [2.45, 2.75) is 55.0 Å². The van der Waals surface area contributed by atoms with Crippen LogP contribution in [0.2, 0.25) is 0 Å². The fourth-order valence-electron chi connectivity index (χ4n) is 2.87. The second-order valence-electron chi connectivity index (χ2n) is 6.57. The minimum Gasteiger partial charge on any atom is -0.497 e. The molecule has 1 aromatic heterocycles. The van der Waals surface area contributed by atoms with Gasteiger partial charge in [0, 0.05) is 17.5 Å². The van der Waals surface area contributed by atoms with Gasteiger partial charge in [0.1, 0.15) is 11.6 Å². The van der Waals surface area contributed by atoms with Crippen LogP contribution in [-0.2, 0) is 0 Å². The Hall–Kier alpha value is -1.82. The van der Waals surface area contributed by atoms with Gasteiger partial charge in [-0.05, 0) is 56.9 Å². The number of methoxy groups -OCH3 is 1. The van der Waals surface area contributed by atoms with Crippen molar-refractivity contribution in [1.29, 1.82) is 0 Å². The summed E-state index contributed by atoms with van der Waals surface area (Å²) in [6, 6.07) is 7.82. The first-order valence-corrected chi connectivity index (χ1v) is 9.35. The molecule has 1 aromatic carbocycles. The van der Waals surface area contributed by atoms with Crippen LogP contribution in [0.5, 0.6) is 5.75 Å². The highest BCUT2D eigenvalue weighted by atomic mass is 32.2. The quantitative estimate of drug-likeness (QED) is 0.564. The molecule has 2 saturated carbocycles. The Kier molecular flexibility index (Phi) is 4.08. The highest BCUT2D eigenvalue weighted by molar-refractivity contribution is 8.00. The van der Waals surface area contributed by atoms with Gasteiger partial charge in [0.05, 0.1) is 12.4 Å². The maximum absolute atomic E-state index is 12.7. The smallest absolute Gasteiger partial charge is 0.192 e. The van der Waals surface area contributed by atoms with Crippen LogP contribution in [0.25, 0.3) is 0 Å². The van der Waals surface area contributed by atoms with E-state index in [1.165, 1.54) is 37.4 Å². The summed E-state index contributed by atoms with van der Waals surface area (Å²) >= 11 is 1.53. The molecule has 5 nitrogen and oxygen atoms in total. The van der Waals surface area contributed by atoms with Crippen LogP contribution in [0.1, 0.15) is 60.7 Å². The second kappa shape index (κ2) is 6.24. The van der Waals surface area contributed by atoms with Gasteiger partial charge in [0.2, 0.25) is 0 Å². The maximum Gasteiger partial charge on any atom is 0.192 e. The molecule has 0 amide bonds. The number of carbonyl (C=O) groups is 1. The summed E-state index contributed by atoms with van der Waals surface area (Å²) in [5, 5.41) is 9.51. The van der Waals surface area contributed by atoms with E-state index in [1.54, 1.807) is 7.11 Å². The number of carbonyl (C=O) groups excluding carboxylic acids is 1. The summed E-state index contributed by atoms with van der Waals surface area (Å²) < 4.78 is 7.44. The lowest BCUT2D eigenvalue weighted by Gasteiger charge is -2.12. The summed E-state index contributed by atoms with van der Waals surface area (Å²) in [5.74, 6) is 2.58. The lowest BCUT2D eigenvalue weighted by Crippen LogP contribution is -2.15. The zero-order chi connectivity index (χ0) is 16.7. The van der Waals surface area contributed by atoms with E-state index in [-0.39, 0.29) is 11.0 Å². The molecule has 2 aliphatic carbocycles. The standard InChI is InChI=1S/C18H21N3O2S/c1-11(16(22)12-5-9-15(23-2)10-6-12)24-18-20-19-17(13-3-4-13)21(18)14-7-8-14/h5-6,9-11,13-14H,3-4,7-8H2,1-2H3/t11-/m0/s1. The number of ketones is 1. The Morgan fingerprint density at radius 3 is 2.50 bits per heavy atom. The number of hydrogen-bond acceptors (Lipinski definition) is 5. The first-order chi connectivity index (χ1) is 11.7. The van der Waals surface area contributed by atoms with Gasteiger partial charge in [0.15, 0.2) is 10.9 Å². The number of thioether (sulfide) groups is 1. The molecule has 24 heavy (non-hydrogen) atoms. The molecule has 0 unspecified atom stereocenters. The summed E-state index contributed by atoms with van der Waals surface area (Å²) in [6.45, 7) is 1.94. The highest BCUT2D eigenvalue weighted by Gasteiger charge is 2.37. The summed E-state index contributed by atoms with van der Waals surface area (Å²) in [6.07, 6.45) is 4.84. The van der Waals surface area contributed by atoms with E-state index in [9.17, 15) is 4.79 Å². The van der Waals surface area contributed by atoms with E-state index in [2.05, 4.69) is 14.8 Å². The number of hydrogen-bond donors (Lipinski definition) is 0. The summed E-state index contributed by atoms with van der Waals surface area (Å²) in [7, 11) is 1.62. The highest BCUT2D eigenvalue weighted by Crippen LogP contribution is 2.46. The van der Waals surface area contributed by atoms with Gasteiger partial charge in [0.25, 0.3) is 0 Å². The number of aromatic nitrogens is 3. The number of rotatable bonds is 7. The van der Waals surface area contributed by atoms with Gasteiger partial charge in [-0.2, -0.15) is 0 Å². The molecular weight excluding hydrogens is 322 g/mol. The Balaban J connectivity index is 1.51. The number of nitrogens with zero attached hydrogens (tertiary/aromatic N) is 3. The molecule has 0 saturated heterocycles. The fraction of sp³-hybridized carbons (Fsp3) is 0.500. The van der Waals surface area contributed by atoms with Crippen molar-refractivity contribution < 1.29 is 9.53 Å². The molecule has 4 rings (SSSR count). The van der Waals surface area contributed by atoms with E-state index in [0.29, 0.717) is 17.5 Å². The van der Waals surface area contributed by atoms with Crippen LogP contribution in [0, 0.1) is 0 Å². The molecule has 2 aliphatic rings. The third-order valence-electron chi connectivity index (χ3n) is 4.57. The zero-order valence-corrected chi connectivity index (χ0v) is 14.8. The molecule has 6 heteroatoms. The van der Waals surface area contributed by atoms with Crippen LogP contribution in [0.15, 0.2) is 29.4 Å². The molecule has 0 radical (unpaired) electrons. The molecule has 2 aromatic rings. The summed E-state index contributed by atoms with van der Waals surface area (Å²) in [5.41, 5.74) is 0.704. The topological polar surface area (TPSA) is 57.0 Å². The lowest BCUT2D eigenvalue weighted by atomic mass is 10.1. The second-order valence-corrected chi connectivity index (χ2v) is 7.88. The molecular formula is C18H21N3O2S.